The maximum absolute atomic E-state index is 12.4. The number of unbranched alkanes of at least 4 members (excludes halogenated alkanes) is 42. The Kier molecular flexibility index (Phi) is 59.5. The van der Waals surface area contributed by atoms with Crippen molar-refractivity contribution in [2.24, 2.45) is 0 Å². The molecule has 0 aromatic carbocycles. The Morgan fingerprint density at radius 1 is 0.389 bits per heavy atom. The van der Waals surface area contributed by atoms with Crippen molar-refractivity contribution in [2.75, 3.05) is 13.2 Å². The number of esters is 1. The van der Waals surface area contributed by atoms with Crippen LogP contribution in [0.3, 0.4) is 0 Å². The van der Waals surface area contributed by atoms with E-state index < -0.39 is 12.1 Å². The zero-order valence-corrected chi connectivity index (χ0v) is 48.2. The summed E-state index contributed by atoms with van der Waals surface area (Å²) in [5.41, 5.74) is 0. The Hall–Kier alpha value is -2.18. The molecule has 0 bridgehead atoms. The van der Waals surface area contributed by atoms with E-state index in [1.165, 1.54) is 257 Å². The van der Waals surface area contributed by atoms with E-state index in [1.807, 2.05) is 6.08 Å². The average molecular weight is 1010 g/mol. The second kappa shape index (κ2) is 61.4. The number of aliphatic hydroxyl groups excluding tert-OH is 2. The number of hydrogen-bond donors (Lipinski definition) is 3. The first-order chi connectivity index (χ1) is 35.5. The zero-order chi connectivity index (χ0) is 52.2. The molecule has 72 heavy (non-hydrogen) atoms. The zero-order valence-electron chi connectivity index (χ0n) is 48.2. The van der Waals surface area contributed by atoms with Crippen molar-refractivity contribution in [3.63, 3.8) is 0 Å². The lowest BCUT2D eigenvalue weighted by Gasteiger charge is -2.20. The van der Waals surface area contributed by atoms with Crippen LogP contribution in [-0.2, 0) is 14.3 Å². The number of allylic oxidation sites excluding steroid dienone is 7. The van der Waals surface area contributed by atoms with Gasteiger partial charge in [-0.25, -0.2) is 0 Å². The predicted octanol–water partition coefficient (Wildman–Crippen LogP) is 20.1. The van der Waals surface area contributed by atoms with E-state index in [0.29, 0.717) is 19.4 Å². The molecule has 0 fully saturated rings. The normalized spacial score (nSPS) is 12.9. The summed E-state index contributed by atoms with van der Waals surface area (Å²) >= 11 is 0. The van der Waals surface area contributed by atoms with E-state index in [0.717, 1.165) is 51.4 Å². The smallest absolute Gasteiger partial charge is 0.305 e. The van der Waals surface area contributed by atoms with Crippen molar-refractivity contribution in [2.45, 2.75) is 347 Å². The van der Waals surface area contributed by atoms with E-state index in [9.17, 15) is 19.8 Å². The number of rotatable bonds is 59. The van der Waals surface area contributed by atoms with Crippen LogP contribution in [0.1, 0.15) is 335 Å². The molecular formula is C66H123NO5. The van der Waals surface area contributed by atoms with E-state index in [4.69, 9.17) is 4.74 Å². The highest BCUT2D eigenvalue weighted by atomic mass is 16.5. The Labute approximate surface area is 448 Å². The van der Waals surface area contributed by atoms with Crippen molar-refractivity contribution in [3.8, 4) is 0 Å². The maximum atomic E-state index is 12.4. The SMILES string of the molecule is CCCCC/C=C\C/C=C\CCCCCCCC(=O)OCCCCCCCCCCCCCC/C=C\CCCCCCCCCCCCCCCCCC(=O)NC(CO)C(O)/C=C/CCCCCCCCC. The molecule has 2 unspecified atom stereocenters. The molecule has 3 N–H and O–H groups in total. The first-order valence-corrected chi connectivity index (χ1v) is 31.9. The van der Waals surface area contributed by atoms with Gasteiger partial charge in [0.25, 0.3) is 0 Å². The van der Waals surface area contributed by atoms with Crippen molar-refractivity contribution in [3.05, 3.63) is 48.6 Å². The molecule has 0 aliphatic carbocycles. The number of aliphatic hydroxyl groups is 2. The number of carbonyl (C=O) groups is 2. The maximum Gasteiger partial charge on any atom is 0.305 e. The van der Waals surface area contributed by atoms with Gasteiger partial charge in [-0.05, 0) is 89.9 Å². The molecule has 6 heteroatoms. The molecule has 2 atom stereocenters. The summed E-state index contributed by atoms with van der Waals surface area (Å²) in [6.07, 6.45) is 79.0. The molecule has 422 valence electrons. The van der Waals surface area contributed by atoms with Gasteiger partial charge in [0.15, 0.2) is 0 Å². The summed E-state index contributed by atoms with van der Waals surface area (Å²) in [4.78, 5) is 24.4. The van der Waals surface area contributed by atoms with Gasteiger partial charge in [0.05, 0.1) is 25.4 Å². The molecular weight excluding hydrogens is 887 g/mol. The molecule has 6 nitrogen and oxygen atoms in total. The van der Waals surface area contributed by atoms with E-state index >= 15 is 0 Å². The van der Waals surface area contributed by atoms with Crippen LogP contribution in [0.4, 0.5) is 0 Å². The highest BCUT2D eigenvalue weighted by Gasteiger charge is 2.18. The number of ether oxygens (including phenoxy) is 1. The van der Waals surface area contributed by atoms with Gasteiger partial charge in [-0.1, -0.05) is 281 Å². The summed E-state index contributed by atoms with van der Waals surface area (Å²) < 4.78 is 5.48. The second-order valence-corrected chi connectivity index (χ2v) is 21.7. The van der Waals surface area contributed by atoms with Gasteiger partial charge in [0, 0.05) is 12.8 Å². The van der Waals surface area contributed by atoms with Gasteiger partial charge >= 0.3 is 5.97 Å². The van der Waals surface area contributed by atoms with Crippen molar-refractivity contribution in [1.29, 1.82) is 0 Å². The molecule has 0 spiro atoms. The molecule has 0 saturated carbocycles. The van der Waals surface area contributed by atoms with Crippen molar-refractivity contribution in [1.82, 2.24) is 5.32 Å². The van der Waals surface area contributed by atoms with Crippen LogP contribution < -0.4 is 5.32 Å². The highest BCUT2D eigenvalue weighted by molar-refractivity contribution is 5.76. The van der Waals surface area contributed by atoms with E-state index in [-0.39, 0.29) is 18.5 Å². The van der Waals surface area contributed by atoms with Crippen LogP contribution in [0.5, 0.6) is 0 Å². The van der Waals surface area contributed by atoms with Gasteiger partial charge in [0.2, 0.25) is 5.91 Å². The number of hydrogen-bond acceptors (Lipinski definition) is 5. The quantitative estimate of drug-likeness (QED) is 0.0320. The van der Waals surface area contributed by atoms with E-state index in [2.05, 4.69) is 55.6 Å². The van der Waals surface area contributed by atoms with Gasteiger partial charge in [-0.2, -0.15) is 0 Å². The fourth-order valence-corrected chi connectivity index (χ4v) is 9.66. The first kappa shape index (κ1) is 69.8. The topological polar surface area (TPSA) is 95.9 Å². The third-order valence-electron chi connectivity index (χ3n) is 14.6. The van der Waals surface area contributed by atoms with Crippen LogP contribution in [0.25, 0.3) is 0 Å². The third-order valence-corrected chi connectivity index (χ3v) is 14.6. The second-order valence-electron chi connectivity index (χ2n) is 21.7. The summed E-state index contributed by atoms with van der Waals surface area (Å²) in [7, 11) is 0. The average Bonchev–Trinajstić information content (AvgIpc) is 3.38. The number of nitrogens with one attached hydrogen (secondary N) is 1. The summed E-state index contributed by atoms with van der Waals surface area (Å²) in [5.74, 6) is -0.0655. The Bertz CT molecular complexity index is 1210. The van der Waals surface area contributed by atoms with Gasteiger partial charge in [-0.3, -0.25) is 9.59 Å². The Morgan fingerprint density at radius 3 is 1.10 bits per heavy atom. The highest BCUT2D eigenvalue weighted by Crippen LogP contribution is 2.17. The van der Waals surface area contributed by atoms with Crippen LogP contribution in [0, 0.1) is 0 Å². The Balaban J connectivity index is 3.35. The standard InChI is InChI=1S/C66H123NO5/c1-3-5-7-9-11-13-14-15-33-37-40-44-48-52-56-60-66(71)72-61-57-53-49-45-41-38-35-32-30-28-26-24-22-20-18-16-17-19-21-23-25-27-29-31-34-36-39-43-47-51-55-59-65(70)67-63(62-68)64(69)58-54-50-46-42-12-10-8-6-4-2/h11,13,15,18,20,33,54,58,63-64,68-69H,3-10,12,14,16-17,19,21-32,34-53,55-57,59-62H2,1-2H3,(H,67,70)/b13-11-,20-18-,33-15-,58-54+. The number of amides is 1. The molecule has 0 aliphatic rings. The minimum atomic E-state index is -0.841. The van der Waals surface area contributed by atoms with Gasteiger partial charge in [-0.15, -0.1) is 0 Å². The molecule has 0 saturated heterocycles. The molecule has 0 aromatic heterocycles. The summed E-state index contributed by atoms with van der Waals surface area (Å²) in [6, 6.07) is -0.624. The molecule has 1 amide bonds. The minimum absolute atomic E-state index is 0.00294. The van der Waals surface area contributed by atoms with Gasteiger partial charge in [0.1, 0.15) is 0 Å². The van der Waals surface area contributed by atoms with Crippen LogP contribution in [-0.4, -0.2) is 47.4 Å². The molecule has 0 rings (SSSR count). The predicted molar refractivity (Wildman–Crippen MR) is 315 cm³/mol. The van der Waals surface area contributed by atoms with Gasteiger partial charge < -0.3 is 20.3 Å². The molecule has 0 radical (unpaired) electrons. The molecule has 0 aromatic rings. The monoisotopic (exact) mass is 1010 g/mol. The van der Waals surface area contributed by atoms with Crippen molar-refractivity contribution >= 4 is 11.9 Å². The summed E-state index contributed by atoms with van der Waals surface area (Å²) in [6.45, 7) is 4.85. The third kappa shape index (κ3) is 57.1. The lowest BCUT2D eigenvalue weighted by Crippen LogP contribution is -2.45. The summed E-state index contributed by atoms with van der Waals surface area (Å²) in [5, 5.41) is 23.0. The lowest BCUT2D eigenvalue weighted by atomic mass is 10.0. The van der Waals surface area contributed by atoms with Crippen LogP contribution in [0.2, 0.25) is 0 Å². The minimum Gasteiger partial charge on any atom is -0.466 e. The molecule has 0 aliphatic heterocycles. The fraction of sp³-hybridized carbons (Fsp3) is 0.848. The largest absolute Gasteiger partial charge is 0.466 e. The lowest BCUT2D eigenvalue weighted by molar-refractivity contribution is -0.143. The van der Waals surface area contributed by atoms with Crippen LogP contribution in [0.15, 0.2) is 48.6 Å². The fourth-order valence-electron chi connectivity index (χ4n) is 9.66. The molecule has 0 heterocycles. The first-order valence-electron chi connectivity index (χ1n) is 31.9. The Morgan fingerprint density at radius 2 is 0.694 bits per heavy atom. The van der Waals surface area contributed by atoms with E-state index in [1.54, 1.807) is 6.08 Å². The van der Waals surface area contributed by atoms with Crippen molar-refractivity contribution < 1.29 is 24.5 Å². The number of carbonyl (C=O) groups excluding carboxylic acids is 2. The van der Waals surface area contributed by atoms with Crippen LogP contribution >= 0.6 is 0 Å².